The van der Waals surface area contributed by atoms with E-state index in [-0.39, 0.29) is 11.5 Å². The highest BCUT2D eigenvalue weighted by atomic mass is 79.9. The number of carbonyl (C=O) groups is 1. The molecular weight excluding hydrogens is 388 g/mol. The van der Waals surface area contributed by atoms with Crippen molar-refractivity contribution in [1.29, 1.82) is 0 Å². The van der Waals surface area contributed by atoms with Gasteiger partial charge in [0.15, 0.2) is 0 Å². The maximum atomic E-state index is 12.2. The summed E-state index contributed by atoms with van der Waals surface area (Å²) in [5, 5.41) is 2.78. The van der Waals surface area contributed by atoms with E-state index in [0.717, 1.165) is 4.47 Å². The molecule has 0 radical (unpaired) electrons. The lowest BCUT2D eigenvalue weighted by Crippen LogP contribution is -2.20. The Balaban J connectivity index is 2.28. The summed E-state index contributed by atoms with van der Waals surface area (Å²) in [6, 6.07) is 8.41. The van der Waals surface area contributed by atoms with Gasteiger partial charge in [0.25, 0.3) is 11.5 Å². The van der Waals surface area contributed by atoms with E-state index in [9.17, 15) is 9.59 Å². The molecule has 2 rings (SSSR count). The molecule has 0 unspecified atom stereocenters. The van der Waals surface area contributed by atoms with Crippen LogP contribution in [0.2, 0.25) is 0 Å². The average Bonchev–Trinajstić information content (AvgIpc) is 2.43. The monoisotopic (exact) mass is 398 g/mol. The van der Waals surface area contributed by atoms with Crippen molar-refractivity contribution in [2.75, 3.05) is 5.32 Å². The first-order valence-electron chi connectivity index (χ1n) is 5.98. The maximum absolute atomic E-state index is 12.2. The molecule has 20 heavy (non-hydrogen) atoms. The molecule has 104 valence electrons. The molecule has 0 bridgehead atoms. The van der Waals surface area contributed by atoms with E-state index in [2.05, 4.69) is 37.2 Å². The second-order valence-electron chi connectivity index (χ2n) is 4.12. The van der Waals surface area contributed by atoms with Crippen molar-refractivity contribution in [3.05, 3.63) is 61.4 Å². The lowest BCUT2D eigenvalue weighted by Gasteiger charge is -2.09. The number of hydrogen-bond donors (Lipinski definition) is 1. The largest absolute Gasteiger partial charge is 0.321 e. The van der Waals surface area contributed by atoms with Crippen LogP contribution in [0.5, 0.6) is 0 Å². The molecule has 1 aromatic carbocycles. The highest BCUT2D eigenvalue weighted by molar-refractivity contribution is 9.11. The molecule has 1 heterocycles. The molecule has 6 heteroatoms. The minimum Gasteiger partial charge on any atom is -0.321 e. The van der Waals surface area contributed by atoms with E-state index in [4.69, 9.17) is 0 Å². The number of amides is 1. The van der Waals surface area contributed by atoms with Gasteiger partial charge in [-0.05, 0) is 47.1 Å². The Bertz CT molecular complexity index is 711. The van der Waals surface area contributed by atoms with Crippen LogP contribution in [0.1, 0.15) is 17.3 Å². The fourth-order valence-corrected chi connectivity index (χ4v) is 2.51. The second-order valence-corrected chi connectivity index (χ2v) is 5.89. The van der Waals surface area contributed by atoms with Crippen molar-refractivity contribution in [3.8, 4) is 0 Å². The summed E-state index contributed by atoms with van der Waals surface area (Å²) in [4.78, 5) is 23.7. The predicted octanol–water partition coefficient (Wildman–Crippen LogP) is 3.65. The summed E-state index contributed by atoms with van der Waals surface area (Å²) in [6.07, 6.45) is 1.63. The highest BCUT2D eigenvalue weighted by Crippen LogP contribution is 2.22. The lowest BCUT2D eigenvalue weighted by molar-refractivity contribution is 0.102. The molecular formula is C14H12Br2N2O2. The van der Waals surface area contributed by atoms with Gasteiger partial charge in [-0.15, -0.1) is 0 Å². The van der Waals surface area contributed by atoms with Crippen LogP contribution in [0, 0.1) is 0 Å². The summed E-state index contributed by atoms with van der Waals surface area (Å²) >= 11 is 6.68. The van der Waals surface area contributed by atoms with E-state index < -0.39 is 0 Å². The van der Waals surface area contributed by atoms with Crippen LogP contribution in [-0.2, 0) is 6.54 Å². The van der Waals surface area contributed by atoms with E-state index in [1.807, 2.05) is 13.0 Å². The smallest absolute Gasteiger partial charge is 0.256 e. The Labute approximate surface area is 133 Å². The third-order valence-corrected chi connectivity index (χ3v) is 3.94. The zero-order valence-electron chi connectivity index (χ0n) is 10.7. The predicted molar refractivity (Wildman–Crippen MR) is 86.2 cm³/mol. The molecule has 4 nitrogen and oxygen atoms in total. The third-order valence-electron chi connectivity index (χ3n) is 2.76. The molecule has 0 saturated carbocycles. The Morgan fingerprint density at radius 3 is 2.70 bits per heavy atom. The fraction of sp³-hybridized carbons (Fsp3) is 0.143. The number of hydrogen-bond acceptors (Lipinski definition) is 2. The summed E-state index contributed by atoms with van der Waals surface area (Å²) in [5.74, 6) is -0.237. The first kappa shape index (κ1) is 15.0. The first-order chi connectivity index (χ1) is 9.51. The quantitative estimate of drug-likeness (QED) is 0.856. The van der Waals surface area contributed by atoms with Crippen molar-refractivity contribution in [2.45, 2.75) is 13.5 Å². The summed E-state index contributed by atoms with van der Waals surface area (Å²) in [6.45, 7) is 2.43. The number of rotatable bonds is 3. The maximum Gasteiger partial charge on any atom is 0.256 e. The fourth-order valence-electron chi connectivity index (χ4n) is 1.72. The van der Waals surface area contributed by atoms with Crippen molar-refractivity contribution in [1.82, 2.24) is 4.57 Å². The summed E-state index contributed by atoms with van der Waals surface area (Å²) in [5.41, 5.74) is 1.02. The number of pyridine rings is 1. The van der Waals surface area contributed by atoms with Gasteiger partial charge in [-0.25, -0.2) is 0 Å². The van der Waals surface area contributed by atoms with Gasteiger partial charge in [0.1, 0.15) is 0 Å². The van der Waals surface area contributed by atoms with Gasteiger partial charge >= 0.3 is 0 Å². The molecule has 0 aliphatic rings. The van der Waals surface area contributed by atoms with Gasteiger partial charge in [0.05, 0.1) is 11.3 Å². The minimum atomic E-state index is -0.237. The van der Waals surface area contributed by atoms with E-state index in [1.165, 1.54) is 10.6 Å². The van der Waals surface area contributed by atoms with Crippen LogP contribution < -0.4 is 10.9 Å². The SMILES string of the molecule is CCn1cc(NC(=O)c2cc(Br)ccc2Br)ccc1=O. The van der Waals surface area contributed by atoms with Crippen LogP contribution in [-0.4, -0.2) is 10.5 Å². The Morgan fingerprint density at radius 2 is 2.00 bits per heavy atom. The normalized spacial score (nSPS) is 10.3. The van der Waals surface area contributed by atoms with Crippen LogP contribution >= 0.6 is 31.9 Å². The molecule has 0 spiro atoms. The molecule has 1 amide bonds. The summed E-state index contributed by atoms with van der Waals surface area (Å²) in [7, 11) is 0. The number of aromatic nitrogens is 1. The van der Waals surface area contributed by atoms with Crippen molar-refractivity contribution >= 4 is 43.5 Å². The molecule has 0 fully saturated rings. The Morgan fingerprint density at radius 1 is 1.25 bits per heavy atom. The van der Waals surface area contributed by atoms with Gasteiger partial charge in [0, 0.05) is 27.8 Å². The van der Waals surface area contributed by atoms with Crippen LogP contribution in [0.25, 0.3) is 0 Å². The Kier molecular flexibility index (Phi) is 4.77. The number of halogens is 2. The van der Waals surface area contributed by atoms with Gasteiger partial charge in [0.2, 0.25) is 0 Å². The molecule has 2 aromatic rings. The van der Waals surface area contributed by atoms with Crippen LogP contribution in [0.3, 0.4) is 0 Å². The standard InChI is InChI=1S/C14H12Br2N2O2/c1-2-18-8-10(4-6-13(18)19)17-14(20)11-7-9(15)3-5-12(11)16/h3-8H,2H2,1H3,(H,17,20). The van der Waals surface area contributed by atoms with Gasteiger partial charge in [-0.2, -0.15) is 0 Å². The second kappa shape index (κ2) is 6.37. The molecule has 1 N–H and O–H groups in total. The first-order valence-corrected chi connectivity index (χ1v) is 7.56. The number of benzene rings is 1. The highest BCUT2D eigenvalue weighted by Gasteiger charge is 2.11. The van der Waals surface area contributed by atoms with Crippen molar-refractivity contribution < 1.29 is 4.79 Å². The van der Waals surface area contributed by atoms with E-state index in [1.54, 1.807) is 24.4 Å². The van der Waals surface area contributed by atoms with E-state index >= 15 is 0 Å². The minimum absolute atomic E-state index is 0.0888. The van der Waals surface area contributed by atoms with Crippen LogP contribution in [0.15, 0.2) is 50.3 Å². The van der Waals surface area contributed by atoms with Crippen molar-refractivity contribution in [2.24, 2.45) is 0 Å². The number of carbonyl (C=O) groups excluding carboxylic acids is 1. The molecule has 0 atom stereocenters. The molecule has 0 aliphatic carbocycles. The third kappa shape index (κ3) is 3.37. The average molecular weight is 400 g/mol. The Hall–Kier alpha value is -1.40. The lowest BCUT2D eigenvalue weighted by atomic mass is 10.2. The van der Waals surface area contributed by atoms with Gasteiger partial charge in [-0.3, -0.25) is 9.59 Å². The van der Waals surface area contributed by atoms with Gasteiger partial charge < -0.3 is 9.88 Å². The molecule has 0 aliphatic heterocycles. The van der Waals surface area contributed by atoms with E-state index in [0.29, 0.717) is 22.3 Å². The number of aryl methyl sites for hydroxylation is 1. The number of nitrogens with zero attached hydrogens (tertiary/aromatic N) is 1. The zero-order chi connectivity index (χ0) is 14.7. The van der Waals surface area contributed by atoms with Gasteiger partial charge in [-0.1, -0.05) is 15.9 Å². The number of anilines is 1. The molecule has 0 saturated heterocycles. The van der Waals surface area contributed by atoms with Crippen molar-refractivity contribution in [3.63, 3.8) is 0 Å². The van der Waals surface area contributed by atoms with Crippen LogP contribution in [0.4, 0.5) is 5.69 Å². The topological polar surface area (TPSA) is 51.1 Å². The summed E-state index contributed by atoms with van der Waals surface area (Å²) < 4.78 is 3.07. The zero-order valence-corrected chi connectivity index (χ0v) is 13.9. The number of nitrogens with one attached hydrogen (secondary N) is 1. The molecule has 1 aromatic heterocycles.